The Kier molecular flexibility index (Phi) is 7.04. The van der Waals surface area contributed by atoms with Crippen molar-refractivity contribution in [2.75, 3.05) is 32.9 Å². The van der Waals surface area contributed by atoms with Crippen LogP contribution in [0.25, 0.3) is 21.7 Å². The minimum Gasteiger partial charge on any atom is -0.507 e. The smallest absolute Gasteiger partial charge is 0.342 e. The van der Waals surface area contributed by atoms with E-state index in [-0.39, 0.29) is 18.5 Å². The molecule has 37 heavy (non-hydrogen) atoms. The summed E-state index contributed by atoms with van der Waals surface area (Å²) in [4.78, 5) is 19.9. The number of hydrogen-bond acceptors (Lipinski definition) is 8. The number of nitrogens with zero attached hydrogens (tertiary/aromatic N) is 2. The molecular weight excluding hydrogens is 472 g/mol. The number of morpholine rings is 1. The number of esters is 1. The van der Waals surface area contributed by atoms with Gasteiger partial charge in [0, 0.05) is 47.1 Å². The Morgan fingerprint density at radius 3 is 2.59 bits per heavy atom. The lowest BCUT2D eigenvalue weighted by Crippen LogP contribution is -2.39. The van der Waals surface area contributed by atoms with Crippen LogP contribution in [-0.4, -0.2) is 60.0 Å². The van der Waals surface area contributed by atoms with Crippen molar-refractivity contribution in [3.63, 3.8) is 0 Å². The summed E-state index contributed by atoms with van der Waals surface area (Å²) in [5.41, 5.74) is 2.36. The average molecular weight is 505 g/mol. The molecule has 0 saturated carbocycles. The number of aryl methyl sites for hydroxylation is 1. The summed E-state index contributed by atoms with van der Waals surface area (Å²) in [5.74, 6) is 0.573. The van der Waals surface area contributed by atoms with Crippen LogP contribution < -0.4 is 4.74 Å². The van der Waals surface area contributed by atoms with Crippen LogP contribution in [-0.2, 0) is 9.47 Å². The van der Waals surface area contributed by atoms with Crippen LogP contribution in [0.3, 0.4) is 0 Å². The number of pyridine rings is 1. The quantitative estimate of drug-likeness (QED) is 0.335. The first-order valence-electron chi connectivity index (χ1n) is 12.7. The number of furan rings is 1. The largest absolute Gasteiger partial charge is 0.507 e. The monoisotopic (exact) mass is 504 g/mol. The molecule has 2 aromatic carbocycles. The van der Waals surface area contributed by atoms with Crippen molar-refractivity contribution in [3.8, 4) is 11.6 Å². The van der Waals surface area contributed by atoms with E-state index in [0.29, 0.717) is 65.4 Å². The van der Waals surface area contributed by atoms with Gasteiger partial charge in [0.15, 0.2) is 0 Å². The number of ether oxygens (including phenoxy) is 3. The van der Waals surface area contributed by atoms with Gasteiger partial charge in [0.05, 0.1) is 32.0 Å². The number of aromatic hydroxyl groups is 1. The van der Waals surface area contributed by atoms with Gasteiger partial charge in [-0.25, -0.2) is 9.78 Å². The molecule has 1 aliphatic heterocycles. The first-order chi connectivity index (χ1) is 17.9. The zero-order valence-corrected chi connectivity index (χ0v) is 21.6. The Morgan fingerprint density at radius 2 is 1.89 bits per heavy atom. The maximum absolute atomic E-state index is 13.2. The Morgan fingerprint density at radius 1 is 1.16 bits per heavy atom. The molecule has 1 saturated heterocycles. The number of rotatable bonds is 7. The molecule has 0 bridgehead atoms. The number of hydrogen-bond donors (Lipinski definition) is 1. The lowest BCUT2D eigenvalue weighted by molar-refractivity contribution is 0.0237. The average Bonchev–Trinajstić information content (AvgIpc) is 3.24. The van der Waals surface area contributed by atoms with Gasteiger partial charge in [-0.15, -0.1) is 0 Å². The second-order valence-corrected chi connectivity index (χ2v) is 9.41. The summed E-state index contributed by atoms with van der Waals surface area (Å²) >= 11 is 0. The lowest BCUT2D eigenvalue weighted by Gasteiger charge is -2.36. The van der Waals surface area contributed by atoms with Crippen molar-refractivity contribution in [1.29, 1.82) is 0 Å². The molecule has 0 amide bonds. The SMILES string of the molecule is CCOC(=O)c1c(C)oc2c1c(C(c1ccnc(OC(C)C)c1)N1CCOCC1)c(O)c1ccccc12. The predicted octanol–water partition coefficient (Wildman–Crippen LogP) is 5.38. The van der Waals surface area contributed by atoms with Crippen molar-refractivity contribution in [2.24, 2.45) is 0 Å². The molecule has 3 heterocycles. The third kappa shape index (κ3) is 4.63. The standard InChI is InChI=1S/C29H32N2O6/c1-5-35-29(33)23-18(4)37-28-21-9-7-6-8-20(21)27(32)25(24(23)28)26(31-12-14-34-15-13-31)19-10-11-30-22(16-19)36-17(2)3/h6-11,16-17,26,32H,5,12-15H2,1-4H3. The van der Waals surface area contributed by atoms with Crippen LogP contribution in [0, 0.1) is 6.92 Å². The number of carbonyl (C=O) groups excluding carboxylic acids is 1. The van der Waals surface area contributed by atoms with Gasteiger partial charge in [0.25, 0.3) is 0 Å². The van der Waals surface area contributed by atoms with Crippen LogP contribution in [0.1, 0.15) is 54.1 Å². The van der Waals surface area contributed by atoms with Crippen molar-refractivity contribution < 1.29 is 28.5 Å². The Hall–Kier alpha value is -3.62. The van der Waals surface area contributed by atoms with E-state index in [9.17, 15) is 9.90 Å². The highest BCUT2D eigenvalue weighted by atomic mass is 16.5. The van der Waals surface area contributed by atoms with Crippen LogP contribution >= 0.6 is 0 Å². The molecule has 5 rings (SSSR count). The van der Waals surface area contributed by atoms with Gasteiger partial charge in [-0.2, -0.15) is 0 Å². The fourth-order valence-corrected chi connectivity index (χ4v) is 5.15. The van der Waals surface area contributed by atoms with E-state index >= 15 is 0 Å². The van der Waals surface area contributed by atoms with Crippen LogP contribution in [0.4, 0.5) is 0 Å². The summed E-state index contributed by atoms with van der Waals surface area (Å²) in [6.07, 6.45) is 1.67. The molecular formula is C29H32N2O6. The molecule has 2 aromatic heterocycles. The molecule has 0 aliphatic carbocycles. The van der Waals surface area contributed by atoms with E-state index in [4.69, 9.17) is 18.6 Å². The summed E-state index contributed by atoms with van der Waals surface area (Å²) < 4.78 is 23.2. The highest BCUT2D eigenvalue weighted by molar-refractivity contribution is 6.16. The molecule has 0 spiro atoms. The molecule has 194 valence electrons. The van der Waals surface area contributed by atoms with E-state index in [1.54, 1.807) is 20.0 Å². The summed E-state index contributed by atoms with van der Waals surface area (Å²) in [6, 6.07) is 10.9. The summed E-state index contributed by atoms with van der Waals surface area (Å²) in [6.45, 7) is 10.1. The van der Waals surface area contributed by atoms with Crippen LogP contribution in [0.2, 0.25) is 0 Å². The molecule has 4 aromatic rings. The molecule has 0 radical (unpaired) electrons. The third-order valence-corrected chi connectivity index (χ3v) is 6.63. The van der Waals surface area contributed by atoms with Crippen LogP contribution in [0.15, 0.2) is 47.0 Å². The molecule has 1 atom stereocenters. The number of benzene rings is 2. The van der Waals surface area contributed by atoms with Crippen LogP contribution in [0.5, 0.6) is 11.6 Å². The lowest BCUT2D eigenvalue weighted by atomic mass is 9.89. The molecule has 1 fully saturated rings. The Labute approximate surface area is 215 Å². The second kappa shape index (κ2) is 10.4. The molecule has 8 nitrogen and oxygen atoms in total. The number of fused-ring (bicyclic) bond motifs is 3. The van der Waals surface area contributed by atoms with E-state index in [2.05, 4.69) is 9.88 Å². The zero-order valence-electron chi connectivity index (χ0n) is 21.6. The maximum atomic E-state index is 13.2. The van der Waals surface area contributed by atoms with Crippen molar-refractivity contribution in [3.05, 3.63) is 65.0 Å². The first kappa shape index (κ1) is 25.0. The van der Waals surface area contributed by atoms with Gasteiger partial charge in [0.1, 0.15) is 22.7 Å². The number of carbonyl (C=O) groups is 1. The van der Waals surface area contributed by atoms with Gasteiger partial charge in [-0.1, -0.05) is 24.3 Å². The molecule has 1 N–H and O–H groups in total. The van der Waals surface area contributed by atoms with E-state index < -0.39 is 12.0 Å². The van der Waals surface area contributed by atoms with E-state index in [0.717, 1.165) is 10.9 Å². The maximum Gasteiger partial charge on any atom is 0.342 e. The third-order valence-electron chi connectivity index (χ3n) is 6.63. The first-order valence-corrected chi connectivity index (χ1v) is 12.7. The van der Waals surface area contributed by atoms with Gasteiger partial charge >= 0.3 is 5.97 Å². The highest BCUT2D eigenvalue weighted by Crippen LogP contribution is 2.47. The normalized spacial score (nSPS) is 15.4. The minimum absolute atomic E-state index is 0.0442. The minimum atomic E-state index is -0.478. The summed E-state index contributed by atoms with van der Waals surface area (Å²) in [7, 11) is 0. The van der Waals surface area contributed by atoms with Crippen molar-refractivity contribution >= 4 is 27.7 Å². The van der Waals surface area contributed by atoms with E-state index in [1.807, 2.05) is 50.2 Å². The second-order valence-electron chi connectivity index (χ2n) is 9.41. The molecule has 8 heteroatoms. The number of phenolic OH excluding ortho intramolecular Hbond substituents is 1. The van der Waals surface area contributed by atoms with Gasteiger partial charge in [-0.05, 0) is 39.3 Å². The predicted molar refractivity (Wildman–Crippen MR) is 140 cm³/mol. The number of phenols is 1. The zero-order chi connectivity index (χ0) is 26.1. The summed E-state index contributed by atoms with van der Waals surface area (Å²) in [5, 5.41) is 13.8. The van der Waals surface area contributed by atoms with Crippen molar-refractivity contribution in [2.45, 2.75) is 39.8 Å². The fraction of sp³-hybridized carbons (Fsp3) is 0.379. The van der Waals surface area contributed by atoms with Gasteiger partial charge in [0.2, 0.25) is 5.88 Å². The van der Waals surface area contributed by atoms with Gasteiger partial charge < -0.3 is 23.7 Å². The van der Waals surface area contributed by atoms with Crippen molar-refractivity contribution in [1.82, 2.24) is 9.88 Å². The molecule has 1 aliphatic rings. The number of aromatic nitrogens is 1. The fourth-order valence-electron chi connectivity index (χ4n) is 5.15. The molecule has 1 unspecified atom stereocenters. The highest BCUT2D eigenvalue weighted by Gasteiger charge is 2.34. The topological polar surface area (TPSA) is 94.3 Å². The van der Waals surface area contributed by atoms with Gasteiger partial charge in [-0.3, -0.25) is 4.90 Å². The Bertz CT molecular complexity index is 1440. The Balaban J connectivity index is 1.85. The van der Waals surface area contributed by atoms with E-state index in [1.165, 1.54) is 0 Å².